The second-order valence-corrected chi connectivity index (χ2v) is 11.5. The summed E-state index contributed by atoms with van der Waals surface area (Å²) in [7, 11) is 1.49. The number of aliphatic hydroxyl groups is 1. The number of hydrogen-bond donors (Lipinski definition) is 4. The quantitative estimate of drug-likeness (QED) is 0.278. The first-order chi connectivity index (χ1) is 20.8. The number of rotatable bonds is 10. The van der Waals surface area contributed by atoms with Gasteiger partial charge in [-0.1, -0.05) is 62.4 Å². The fourth-order valence-corrected chi connectivity index (χ4v) is 5.41. The minimum absolute atomic E-state index is 0.00523. The van der Waals surface area contributed by atoms with Gasteiger partial charge in [-0.05, 0) is 48.7 Å². The number of aromatic hydroxyl groups is 1. The molecule has 0 saturated carbocycles. The van der Waals surface area contributed by atoms with Crippen molar-refractivity contribution in [2.24, 2.45) is 5.41 Å². The third-order valence-electron chi connectivity index (χ3n) is 8.24. The Bertz CT molecular complexity index is 1510. The average molecular weight is 610 g/mol. The lowest BCUT2D eigenvalue weighted by molar-refractivity contribution is -0.148. The standard InChI is InChI=1S/C33H37F2N3O6/c1-20-24(14-9-15-26(20)39)29(41)37-25(17-21-10-6-5-7-11-21)27(40)31(43)38-19-33(34,35)32(2,3)28(38)30(42)36-18-22-12-8-13-23(16-22)44-4/h5-16,25,27-28,39-40H,17-19H2,1-4H3,(H,36,42)(H,37,41)/t25-,27-,28+/m0/s1. The number of nitrogens with one attached hydrogen (secondary N) is 2. The molecule has 0 unspecified atom stereocenters. The summed E-state index contributed by atoms with van der Waals surface area (Å²) in [6.07, 6.45) is -1.99. The fraction of sp³-hybridized carbons (Fsp3) is 0.364. The van der Waals surface area contributed by atoms with E-state index >= 15 is 8.78 Å². The number of phenols is 1. The summed E-state index contributed by atoms with van der Waals surface area (Å²) >= 11 is 0. The number of methoxy groups -OCH3 is 1. The van der Waals surface area contributed by atoms with Crippen molar-refractivity contribution in [1.29, 1.82) is 0 Å². The second kappa shape index (κ2) is 13.0. The Morgan fingerprint density at radius 2 is 1.68 bits per heavy atom. The smallest absolute Gasteiger partial charge is 0.272 e. The molecule has 3 atom stereocenters. The average Bonchev–Trinajstić information content (AvgIpc) is 3.19. The van der Waals surface area contributed by atoms with Crippen molar-refractivity contribution in [2.45, 2.75) is 57.8 Å². The molecule has 3 aromatic carbocycles. The van der Waals surface area contributed by atoms with Gasteiger partial charge in [-0.25, -0.2) is 8.78 Å². The van der Waals surface area contributed by atoms with Gasteiger partial charge in [0.25, 0.3) is 17.7 Å². The summed E-state index contributed by atoms with van der Waals surface area (Å²) < 4.78 is 35.9. The van der Waals surface area contributed by atoms with E-state index in [9.17, 15) is 24.6 Å². The molecule has 9 nitrogen and oxygen atoms in total. The first-order valence-electron chi connectivity index (χ1n) is 14.2. The molecule has 0 radical (unpaired) electrons. The molecule has 3 amide bonds. The number of carbonyl (C=O) groups excluding carboxylic acids is 3. The van der Waals surface area contributed by atoms with Crippen LogP contribution in [0.3, 0.4) is 0 Å². The van der Waals surface area contributed by atoms with E-state index in [1.165, 1.54) is 39.2 Å². The lowest BCUT2D eigenvalue weighted by Gasteiger charge is -2.34. The highest BCUT2D eigenvalue weighted by Crippen LogP contribution is 2.48. The number of carbonyl (C=O) groups is 3. The lowest BCUT2D eigenvalue weighted by atomic mass is 9.81. The Labute approximate surface area is 254 Å². The third kappa shape index (κ3) is 6.67. The largest absolute Gasteiger partial charge is 0.508 e. The molecule has 4 N–H and O–H groups in total. The van der Waals surface area contributed by atoms with Gasteiger partial charge in [-0.2, -0.15) is 0 Å². The predicted octanol–water partition coefficient (Wildman–Crippen LogP) is 3.60. The van der Waals surface area contributed by atoms with Crippen LogP contribution in [-0.2, 0) is 22.6 Å². The van der Waals surface area contributed by atoms with Gasteiger partial charge in [0, 0.05) is 17.7 Å². The number of likely N-dealkylation sites (tertiary alicyclic amines) is 1. The van der Waals surface area contributed by atoms with Gasteiger partial charge in [-0.3, -0.25) is 14.4 Å². The van der Waals surface area contributed by atoms with Crippen LogP contribution in [0.5, 0.6) is 11.5 Å². The molecule has 3 aromatic rings. The topological polar surface area (TPSA) is 128 Å². The zero-order chi connectivity index (χ0) is 32.2. The van der Waals surface area contributed by atoms with Crippen molar-refractivity contribution < 1.29 is 38.1 Å². The number of phenolic OH excluding ortho intramolecular Hbond substituents is 1. The van der Waals surface area contributed by atoms with Crippen LogP contribution in [0.15, 0.2) is 72.8 Å². The Kier molecular flexibility index (Phi) is 9.58. The van der Waals surface area contributed by atoms with Crippen LogP contribution in [0.4, 0.5) is 8.78 Å². The van der Waals surface area contributed by atoms with Crippen molar-refractivity contribution in [2.75, 3.05) is 13.7 Å². The molecule has 1 fully saturated rings. The number of nitrogens with zero attached hydrogens (tertiary/aromatic N) is 1. The number of aliphatic hydroxyl groups excluding tert-OH is 1. The van der Waals surface area contributed by atoms with Gasteiger partial charge >= 0.3 is 0 Å². The Morgan fingerprint density at radius 3 is 2.36 bits per heavy atom. The summed E-state index contributed by atoms with van der Waals surface area (Å²) in [5.74, 6) is -5.63. The normalized spacial score (nSPS) is 18.2. The molecule has 0 aliphatic carbocycles. The van der Waals surface area contributed by atoms with Crippen LogP contribution in [0.2, 0.25) is 0 Å². The van der Waals surface area contributed by atoms with Gasteiger partial charge in [0.2, 0.25) is 5.91 Å². The molecular formula is C33H37F2N3O6. The van der Waals surface area contributed by atoms with Crippen molar-refractivity contribution >= 4 is 17.7 Å². The Hall–Kier alpha value is -4.51. The van der Waals surface area contributed by atoms with E-state index in [1.54, 1.807) is 61.5 Å². The van der Waals surface area contributed by atoms with E-state index < -0.39 is 53.8 Å². The van der Waals surface area contributed by atoms with Crippen molar-refractivity contribution in [3.8, 4) is 11.5 Å². The highest BCUT2D eigenvalue weighted by molar-refractivity contribution is 5.97. The first-order valence-corrected chi connectivity index (χ1v) is 14.2. The van der Waals surface area contributed by atoms with Crippen molar-refractivity contribution in [3.63, 3.8) is 0 Å². The first kappa shape index (κ1) is 32.4. The molecule has 1 aliphatic heterocycles. The van der Waals surface area contributed by atoms with Crippen LogP contribution in [0.25, 0.3) is 0 Å². The van der Waals surface area contributed by atoms with Gasteiger partial charge in [0.05, 0.1) is 25.1 Å². The van der Waals surface area contributed by atoms with Crippen LogP contribution in [0, 0.1) is 12.3 Å². The SMILES string of the molecule is COc1cccc(CNC(=O)[C@H]2N(C(=O)[C@@H](O)[C@H](Cc3ccccc3)NC(=O)c3cccc(O)c3C)CC(F)(F)C2(C)C)c1. The molecule has 0 aromatic heterocycles. The molecule has 44 heavy (non-hydrogen) atoms. The Balaban J connectivity index is 1.61. The molecule has 11 heteroatoms. The van der Waals surface area contributed by atoms with Crippen molar-refractivity contribution in [1.82, 2.24) is 15.5 Å². The van der Waals surface area contributed by atoms with Gasteiger partial charge in [0.15, 0.2) is 6.10 Å². The zero-order valence-corrected chi connectivity index (χ0v) is 25.0. The molecule has 234 valence electrons. The van der Waals surface area contributed by atoms with Gasteiger partial charge in [-0.15, -0.1) is 0 Å². The van der Waals surface area contributed by atoms with Crippen LogP contribution < -0.4 is 15.4 Å². The minimum Gasteiger partial charge on any atom is -0.508 e. The van der Waals surface area contributed by atoms with E-state index in [1.807, 2.05) is 0 Å². The summed E-state index contributed by atoms with van der Waals surface area (Å²) in [4.78, 5) is 41.2. The zero-order valence-electron chi connectivity index (χ0n) is 25.0. The van der Waals surface area contributed by atoms with Gasteiger partial charge in [0.1, 0.15) is 17.5 Å². The third-order valence-corrected chi connectivity index (χ3v) is 8.24. The molecule has 0 bridgehead atoms. The Morgan fingerprint density at radius 1 is 1.02 bits per heavy atom. The monoisotopic (exact) mass is 609 g/mol. The summed E-state index contributed by atoms with van der Waals surface area (Å²) in [6, 6.07) is 17.1. The maximum Gasteiger partial charge on any atom is 0.272 e. The predicted molar refractivity (Wildman–Crippen MR) is 159 cm³/mol. The molecule has 0 spiro atoms. The lowest BCUT2D eigenvalue weighted by Crippen LogP contribution is -2.57. The fourth-order valence-electron chi connectivity index (χ4n) is 5.41. The van der Waals surface area contributed by atoms with Crippen LogP contribution in [-0.4, -0.2) is 70.6 Å². The molecule has 1 heterocycles. The molecule has 1 aliphatic rings. The maximum atomic E-state index is 15.4. The van der Waals surface area contributed by atoms with Gasteiger partial charge < -0.3 is 30.5 Å². The van der Waals surface area contributed by atoms with E-state index in [4.69, 9.17) is 4.74 Å². The summed E-state index contributed by atoms with van der Waals surface area (Å²) in [5.41, 5.74) is -0.246. The van der Waals surface area contributed by atoms with E-state index in [0.717, 1.165) is 0 Å². The van der Waals surface area contributed by atoms with E-state index in [0.29, 0.717) is 21.8 Å². The summed E-state index contributed by atoms with van der Waals surface area (Å²) in [6.45, 7) is 2.85. The van der Waals surface area contributed by atoms with E-state index in [-0.39, 0.29) is 29.8 Å². The number of halogens is 2. The highest BCUT2D eigenvalue weighted by Gasteiger charge is 2.64. The number of hydrogen-bond acceptors (Lipinski definition) is 6. The van der Waals surface area contributed by atoms with Crippen molar-refractivity contribution in [3.05, 3.63) is 95.1 Å². The molecule has 4 rings (SSSR count). The highest BCUT2D eigenvalue weighted by atomic mass is 19.3. The molecular weight excluding hydrogens is 572 g/mol. The van der Waals surface area contributed by atoms with Crippen LogP contribution in [0.1, 0.15) is 40.9 Å². The van der Waals surface area contributed by atoms with Crippen LogP contribution >= 0.6 is 0 Å². The maximum absolute atomic E-state index is 15.4. The number of alkyl halides is 2. The minimum atomic E-state index is -3.46. The number of benzene rings is 3. The number of amides is 3. The summed E-state index contributed by atoms with van der Waals surface area (Å²) in [5, 5.41) is 26.8. The number of ether oxygens (including phenoxy) is 1. The molecule has 1 saturated heterocycles. The second-order valence-electron chi connectivity index (χ2n) is 11.5. The van der Waals surface area contributed by atoms with E-state index in [2.05, 4.69) is 10.6 Å².